The van der Waals surface area contributed by atoms with Crippen molar-refractivity contribution in [3.05, 3.63) is 48.1 Å². The van der Waals surface area contributed by atoms with Crippen LogP contribution in [-0.2, 0) is 0 Å². The summed E-state index contributed by atoms with van der Waals surface area (Å²) in [6.45, 7) is 9.65. The van der Waals surface area contributed by atoms with Gasteiger partial charge < -0.3 is 9.84 Å². The van der Waals surface area contributed by atoms with Gasteiger partial charge in [-0.15, -0.1) is 0 Å². The van der Waals surface area contributed by atoms with Crippen molar-refractivity contribution in [3.63, 3.8) is 0 Å². The molecule has 0 radical (unpaired) electrons. The van der Waals surface area contributed by atoms with E-state index in [0.717, 1.165) is 35.3 Å². The van der Waals surface area contributed by atoms with E-state index in [1.807, 2.05) is 31.2 Å². The summed E-state index contributed by atoms with van der Waals surface area (Å²) in [5.74, 6) is 0.931. The number of ether oxygens (including phenoxy) is 1. The summed E-state index contributed by atoms with van der Waals surface area (Å²) in [5.41, 5.74) is 2.23. The molecule has 1 aliphatic rings. The second-order valence-corrected chi connectivity index (χ2v) is 4.99. The number of aliphatic hydroxyl groups is 1. The summed E-state index contributed by atoms with van der Waals surface area (Å²) in [5, 5.41) is 10.6. The molecule has 1 aliphatic carbocycles. The van der Waals surface area contributed by atoms with Crippen LogP contribution in [0.15, 0.2) is 36.9 Å². The summed E-state index contributed by atoms with van der Waals surface area (Å²) in [6, 6.07) is 5.91. The van der Waals surface area contributed by atoms with Gasteiger partial charge in [0.15, 0.2) is 0 Å². The molecule has 18 heavy (non-hydrogen) atoms. The highest BCUT2D eigenvalue weighted by atomic mass is 16.5. The van der Waals surface area contributed by atoms with E-state index in [2.05, 4.69) is 13.2 Å². The van der Waals surface area contributed by atoms with Crippen molar-refractivity contribution >= 4 is 6.08 Å². The van der Waals surface area contributed by atoms with Crippen LogP contribution in [0.1, 0.15) is 36.8 Å². The minimum Gasteiger partial charge on any atom is -0.497 e. The van der Waals surface area contributed by atoms with Crippen molar-refractivity contribution < 1.29 is 9.84 Å². The topological polar surface area (TPSA) is 29.5 Å². The van der Waals surface area contributed by atoms with Gasteiger partial charge in [-0.2, -0.15) is 0 Å². The molecule has 2 nitrogen and oxygen atoms in total. The van der Waals surface area contributed by atoms with Crippen molar-refractivity contribution in [2.75, 3.05) is 7.11 Å². The Morgan fingerprint density at radius 2 is 2.28 bits per heavy atom. The van der Waals surface area contributed by atoms with Gasteiger partial charge in [-0.25, -0.2) is 0 Å². The van der Waals surface area contributed by atoms with Crippen LogP contribution in [0, 0.1) is 0 Å². The fourth-order valence-corrected chi connectivity index (χ4v) is 2.66. The lowest BCUT2D eigenvalue weighted by molar-refractivity contribution is -0.0233. The lowest BCUT2D eigenvalue weighted by Crippen LogP contribution is -2.46. The van der Waals surface area contributed by atoms with Gasteiger partial charge >= 0.3 is 0 Å². The molecular formula is C16H20O2. The molecule has 1 aromatic carbocycles. The molecule has 96 valence electrons. The van der Waals surface area contributed by atoms with Gasteiger partial charge in [-0.1, -0.05) is 25.3 Å². The van der Waals surface area contributed by atoms with Crippen LogP contribution in [0.3, 0.4) is 0 Å². The number of benzene rings is 1. The maximum atomic E-state index is 10.6. The van der Waals surface area contributed by atoms with E-state index >= 15 is 0 Å². The molecule has 0 bridgehead atoms. The van der Waals surface area contributed by atoms with Crippen LogP contribution < -0.4 is 4.74 Å². The van der Waals surface area contributed by atoms with Crippen molar-refractivity contribution in [1.29, 1.82) is 0 Å². The molecule has 0 unspecified atom stereocenters. The highest BCUT2D eigenvalue weighted by Crippen LogP contribution is 2.50. The van der Waals surface area contributed by atoms with Crippen molar-refractivity contribution in [3.8, 4) is 5.75 Å². The third kappa shape index (κ3) is 1.87. The Hall–Kier alpha value is -1.54. The van der Waals surface area contributed by atoms with Crippen molar-refractivity contribution in [2.24, 2.45) is 0 Å². The second-order valence-electron chi connectivity index (χ2n) is 4.99. The molecule has 0 amide bonds. The maximum Gasteiger partial charge on any atom is 0.119 e. The Labute approximate surface area is 109 Å². The normalized spacial score (nSPS) is 26.3. The largest absolute Gasteiger partial charge is 0.497 e. The Bertz CT molecular complexity index is 490. The first-order valence-corrected chi connectivity index (χ1v) is 6.21. The summed E-state index contributed by atoms with van der Waals surface area (Å²) in [6.07, 6.45) is 3.58. The van der Waals surface area contributed by atoms with E-state index in [0.29, 0.717) is 0 Å². The highest BCUT2D eigenvalue weighted by molar-refractivity contribution is 5.57. The molecule has 0 saturated heterocycles. The van der Waals surface area contributed by atoms with Crippen LogP contribution in [0.25, 0.3) is 6.08 Å². The minimum atomic E-state index is -0.758. The average molecular weight is 244 g/mol. The average Bonchev–Trinajstić information content (AvgIpc) is 2.36. The molecule has 0 spiro atoms. The summed E-state index contributed by atoms with van der Waals surface area (Å²) < 4.78 is 5.21. The number of hydrogen-bond acceptors (Lipinski definition) is 2. The van der Waals surface area contributed by atoms with Gasteiger partial charge in [0, 0.05) is 5.92 Å². The predicted molar refractivity (Wildman–Crippen MR) is 74.8 cm³/mol. The molecule has 0 aromatic heterocycles. The first-order valence-electron chi connectivity index (χ1n) is 6.21. The van der Waals surface area contributed by atoms with Gasteiger partial charge in [0.2, 0.25) is 0 Å². The summed E-state index contributed by atoms with van der Waals surface area (Å²) in [7, 11) is 1.65. The predicted octanol–water partition coefficient (Wildman–Crippen LogP) is 3.52. The van der Waals surface area contributed by atoms with Crippen molar-refractivity contribution in [1.82, 2.24) is 0 Å². The third-order valence-corrected chi connectivity index (χ3v) is 4.02. The standard InChI is InChI=1S/C16H20O2/c1-5-12-10-13(18-4)6-7-14(12)15-8-9-16(15,17)11(2)3/h5-7,10,15,17H,1-2,8-9H2,3-4H3/t15-,16+/m0/s1. The lowest BCUT2D eigenvalue weighted by Gasteiger charge is -2.47. The first-order chi connectivity index (χ1) is 8.52. The number of rotatable bonds is 4. The highest BCUT2D eigenvalue weighted by Gasteiger charge is 2.47. The summed E-state index contributed by atoms with van der Waals surface area (Å²) in [4.78, 5) is 0. The molecule has 1 aromatic rings. The Kier molecular flexibility index (Phi) is 3.31. The zero-order chi connectivity index (χ0) is 13.3. The summed E-state index contributed by atoms with van der Waals surface area (Å²) >= 11 is 0. The van der Waals surface area contributed by atoms with E-state index in [1.54, 1.807) is 7.11 Å². The van der Waals surface area contributed by atoms with E-state index < -0.39 is 5.60 Å². The quantitative estimate of drug-likeness (QED) is 0.821. The fraction of sp³-hybridized carbons (Fsp3) is 0.375. The Balaban J connectivity index is 2.40. The Morgan fingerprint density at radius 3 is 2.72 bits per heavy atom. The molecule has 2 atom stereocenters. The van der Waals surface area contributed by atoms with Crippen LogP contribution in [0.2, 0.25) is 0 Å². The number of hydrogen-bond donors (Lipinski definition) is 1. The molecule has 0 aliphatic heterocycles. The zero-order valence-corrected chi connectivity index (χ0v) is 11.1. The van der Waals surface area contributed by atoms with Crippen LogP contribution in [0.4, 0.5) is 0 Å². The van der Waals surface area contributed by atoms with E-state index in [9.17, 15) is 5.11 Å². The minimum absolute atomic E-state index is 0.119. The third-order valence-electron chi connectivity index (χ3n) is 4.02. The van der Waals surface area contributed by atoms with Crippen LogP contribution >= 0.6 is 0 Å². The van der Waals surface area contributed by atoms with Gasteiger partial charge in [-0.3, -0.25) is 0 Å². The SMILES string of the molecule is C=Cc1cc(OC)ccc1[C@@H]1CC[C@@]1(O)C(=C)C. The molecule has 1 saturated carbocycles. The molecule has 1 fully saturated rings. The smallest absolute Gasteiger partial charge is 0.119 e. The molecule has 2 heteroatoms. The zero-order valence-electron chi connectivity index (χ0n) is 11.1. The number of methoxy groups -OCH3 is 1. The van der Waals surface area contributed by atoms with Gasteiger partial charge in [0.1, 0.15) is 5.75 Å². The molecular weight excluding hydrogens is 224 g/mol. The Morgan fingerprint density at radius 1 is 1.56 bits per heavy atom. The van der Waals surface area contributed by atoms with Crippen LogP contribution in [-0.4, -0.2) is 17.8 Å². The fourth-order valence-electron chi connectivity index (χ4n) is 2.66. The lowest BCUT2D eigenvalue weighted by atomic mass is 9.62. The van der Waals surface area contributed by atoms with E-state index in [-0.39, 0.29) is 5.92 Å². The molecule has 0 heterocycles. The van der Waals surface area contributed by atoms with Gasteiger partial charge in [0.05, 0.1) is 12.7 Å². The molecule has 1 N–H and O–H groups in total. The van der Waals surface area contributed by atoms with Gasteiger partial charge in [0.25, 0.3) is 0 Å². The van der Waals surface area contributed by atoms with Crippen molar-refractivity contribution in [2.45, 2.75) is 31.3 Å². The maximum absolute atomic E-state index is 10.6. The van der Waals surface area contributed by atoms with Gasteiger partial charge in [-0.05, 0) is 48.6 Å². The van der Waals surface area contributed by atoms with Crippen LogP contribution in [0.5, 0.6) is 5.75 Å². The van der Waals surface area contributed by atoms with E-state index in [4.69, 9.17) is 4.74 Å². The molecule has 2 rings (SSSR count). The second kappa shape index (κ2) is 4.62. The first kappa shape index (κ1) is 12.9. The monoisotopic (exact) mass is 244 g/mol. The van der Waals surface area contributed by atoms with E-state index in [1.165, 1.54) is 0 Å².